The SMILES string of the molecule is CCc1[nH]c(=O)ccc1C(=O)NCc1ccccc1-n1ccnc1C. The monoisotopic (exact) mass is 336 g/mol. The van der Waals surface area contributed by atoms with Crippen molar-refractivity contribution >= 4 is 5.91 Å². The Hall–Kier alpha value is -3.15. The molecule has 6 nitrogen and oxygen atoms in total. The van der Waals surface area contributed by atoms with Crippen LogP contribution in [-0.4, -0.2) is 20.4 Å². The van der Waals surface area contributed by atoms with Crippen LogP contribution in [0, 0.1) is 6.92 Å². The van der Waals surface area contributed by atoms with Crippen molar-refractivity contribution in [2.24, 2.45) is 0 Å². The van der Waals surface area contributed by atoms with Gasteiger partial charge in [0.2, 0.25) is 5.56 Å². The zero-order valence-corrected chi connectivity index (χ0v) is 14.2. The number of H-pyrrole nitrogens is 1. The van der Waals surface area contributed by atoms with Crippen LogP contribution in [0.1, 0.15) is 34.4 Å². The van der Waals surface area contributed by atoms with E-state index in [4.69, 9.17) is 0 Å². The molecule has 2 N–H and O–H groups in total. The van der Waals surface area contributed by atoms with Crippen molar-refractivity contribution in [1.82, 2.24) is 19.9 Å². The summed E-state index contributed by atoms with van der Waals surface area (Å²) in [6.45, 7) is 4.22. The summed E-state index contributed by atoms with van der Waals surface area (Å²) in [5.74, 6) is 0.679. The quantitative estimate of drug-likeness (QED) is 0.750. The summed E-state index contributed by atoms with van der Waals surface area (Å²) in [4.78, 5) is 30.9. The first kappa shape index (κ1) is 16.7. The van der Waals surface area contributed by atoms with Gasteiger partial charge in [0.25, 0.3) is 5.91 Å². The molecule has 0 spiro atoms. The predicted molar refractivity (Wildman–Crippen MR) is 95.9 cm³/mol. The third-order valence-corrected chi connectivity index (χ3v) is 4.12. The van der Waals surface area contributed by atoms with Crippen molar-refractivity contribution in [2.45, 2.75) is 26.8 Å². The van der Waals surface area contributed by atoms with Gasteiger partial charge in [-0.3, -0.25) is 9.59 Å². The third kappa shape index (κ3) is 3.52. The fourth-order valence-corrected chi connectivity index (χ4v) is 2.81. The van der Waals surface area contributed by atoms with E-state index in [1.54, 1.807) is 12.3 Å². The molecule has 0 saturated heterocycles. The van der Waals surface area contributed by atoms with Crippen LogP contribution in [0.5, 0.6) is 0 Å². The number of rotatable bonds is 5. The highest BCUT2D eigenvalue weighted by Gasteiger charge is 2.12. The van der Waals surface area contributed by atoms with Gasteiger partial charge in [0.15, 0.2) is 0 Å². The van der Waals surface area contributed by atoms with Crippen molar-refractivity contribution in [3.05, 3.63) is 81.8 Å². The number of pyridine rings is 1. The lowest BCUT2D eigenvalue weighted by Crippen LogP contribution is -2.26. The molecule has 0 saturated carbocycles. The van der Waals surface area contributed by atoms with Gasteiger partial charge in [0, 0.05) is 30.7 Å². The molecule has 1 amide bonds. The summed E-state index contributed by atoms with van der Waals surface area (Å²) < 4.78 is 1.99. The number of carbonyl (C=O) groups is 1. The molecule has 0 fully saturated rings. The molecular formula is C19H20N4O2. The highest BCUT2D eigenvalue weighted by molar-refractivity contribution is 5.95. The first-order valence-electron chi connectivity index (χ1n) is 8.18. The summed E-state index contributed by atoms with van der Waals surface area (Å²) in [6.07, 6.45) is 4.23. The van der Waals surface area contributed by atoms with Gasteiger partial charge >= 0.3 is 0 Å². The molecule has 6 heteroatoms. The molecule has 0 bridgehead atoms. The molecule has 0 aliphatic heterocycles. The summed E-state index contributed by atoms with van der Waals surface area (Å²) in [7, 11) is 0. The molecule has 3 rings (SSSR count). The Balaban J connectivity index is 1.82. The molecular weight excluding hydrogens is 316 g/mol. The second-order valence-electron chi connectivity index (χ2n) is 5.72. The summed E-state index contributed by atoms with van der Waals surface area (Å²) >= 11 is 0. The van der Waals surface area contributed by atoms with E-state index >= 15 is 0 Å². The number of aromatic nitrogens is 3. The molecule has 2 aromatic heterocycles. The zero-order valence-electron chi connectivity index (χ0n) is 14.2. The van der Waals surface area contributed by atoms with E-state index in [0.717, 1.165) is 17.1 Å². The van der Waals surface area contributed by atoms with Crippen LogP contribution in [0.3, 0.4) is 0 Å². The number of aryl methyl sites for hydroxylation is 2. The minimum absolute atomic E-state index is 0.200. The van der Waals surface area contributed by atoms with E-state index in [1.807, 2.05) is 48.9 Å². The average Bonchev–Trinajstić information content (AvgIpc) is 3.05. The molecule has 0 aliphatic rings. The van der Waals surface area contributed by atoms with E-state index in [1.165, 1.54) is 6.07 Å². The number of nitrogens with zero attached hydrogens (tertiary/aromatic N) is 2. The molecule has 0 unspecified atom stereocenters. The van der Waals surface area contributed by atoms with Gasteiger partial charge in [-0.1, -0.05) is 25.1 Å². The molecule has 3 aromatic rings. The van der Waals surface area contributed by atoms with Crippen LogP contribution in [0.4, 0.5) is 0 Å². The number of hydrogen-bond acceptors (Lipinski definition) is 3. The smallest absolute Gasteiger partial charge is 0.253 e. The Morgan fingerprint density at radius 2 is 2.04 bits per heavy atom. The van der Waals surface area contributed by atoms with Gasteiger partial charge in [0.1, 0.15) is 5.82 Å². The van der Waals surface area contributed by atoms with Crippen LogP contribution in [-0.2, 0) is 13.0 Å². The molecule has 0 atom stereocenters. The topological polar surface area (TPSA) is 79.8 Å². The van der Waals surface area contributed by atoms with Gasteiger partial charge in [-0.15, -0.1) is 0 Å². The lowest BCUT2D eigenvalue weighted by Gasteiger charge is -2.13. The van der Waals surface area contributed by atoms with Crippen molar-refractivity contribution in [3.8, 4) is 5.69 Å². The van der Waals surface area contributed by atoms with Crippen LogP contribution < -0.4 is 10.9 Å². The van der Waals surface area contributed by atoms with Gasteiger partial charge in [-0.05, 0) is 31.0 Å². The number of benzene rings is 1. The van der Waals surface area contributed by atoms with Gasteiger partial charge in [-0.25, -0.2) is 4.98 Å². The van der Waals surface area contributed by atoms with Crippen LogP contribution >= 0.6 is 0 Å². The number of aromatic amines is 1. The van der Waals surface area contributed by atoms with E-state index in [-0.39, 0.29) is 11.5 Å². The first-order valence-corrected chi connectivity index (χ1v) is 8.18. The van der Waals surface area contributed by atoms with Gasteiger partial charge in [-0.2, -0.15) is 0 Å². The third-order valence-electron chi connectivity index (χ3n) is 4.12. The molecule has 128 valence electrons. The Kier molecular flexibility index (Phi) is 4.79. The fourth-order valence-electron chi connectivity index (χ4n) is 2.81. The number of nitrogens with one attached hydrogen (secondary N) is 2. The summed E-state index contributed by atoms with van der Waals surface area (Å²) in [5, 5.41) is 2.94. The molecule has 25 heavy (non-hydrogen) atoms. The second-order valence-corrected chi connectivity index (χ2v) is 5.72. The van der Waals surface area contributed by atoms with Gasteiger partial charge in [0.05, 0.1) is 11.3 Å². The average molecular weight is 336 g/mol. The minimum atomic E-state index is -0.203. The Bertz CT molecular complexity index is 956. The van der Waals surface area contributed by atoms with E-state index in [2.05, 4.69) is 15.3 Å². The number of para-hydroxylation sites is 1. The fraction of sp³-hybridized carbons (Fsp3) is 0.211. The van der Waals surface area contributed by atoms with Crippen LogP contribution in [0.25, 0.3) is 5.69 Å². The molecule has 0 radical (unpaired) electrons. The van der Waals surface area contributed by atoms with E-state index < -0.39 is 0 Å². The number of amides is 1. The number of imidazole rings is 1. The molecule has 0 aliphatic carbocycles. The number of carbonyl (C=O) groups excluding carboxylic acids is 1. The lowest BCUT2D eigenvalue weighted by molar-refractivity contribution is 0.0949. The highest BCUT2D eigenvalue weighted by atomic mass is 16.1. The van der Waals surface area contributed by atoms with Crippen molar-refractivity contribution in [1.29, 1.82) is 0 Å². The first-order chi connectivity index (χ1) is 12.1. The number of hydrogen-bond donors (Lipinski definition) is 2. The maximum Gasteiger partial charge on any atom is 0.253 e. The zero-order chi connectivity index (χ0) is 17.8. The van der Waals surface area contributed by atoms with Crippen molar-refractivity contribution in [3.63, 3.8) is 0 Å². The standard InChI is InChI=1S/C19H20N4O2/c1-3-16-15(8-9-18(24)22-16)19(25)21-12-14-6-4-5-7-17(14)23-11-10-20-13(23)2/h4-11H,3,12H2,1-2H3,(H,21,25)(H,22,24). The van der Waals surface area contributed by atoms with E-state index in [0.29, 0.717) is 24.2 Å². The highest BCUT2D eigenvalue weighted by Crippen LogP contribution is 2.16. The molecule has 2 heterocycles. The maximum atomic E-state index is 12.5. The van der Waals surface area contributed by atoms with Crippen molar-refractivity contribution < 1.29 is 4.79 Å². The van der Waals surface area contributed by atoms with Crippen molar-refractivity contribution in [2.75, 3.05) is 0 Å². The predicted octanol–water partition coefficient (Wildman–Crippen LogP) is 2.36. The summed E-state index contributed by atoms with van der Waals surface area (Å²) in [6, 6.07) is 10.8. The second kappa shape index (κ2) is 7.17. The minimum Gasteiger partial charge on any atom is -0.348 e. The van der Waals surface area contributed by atoms with E-state index in [9.17, 15) is 9.59 Å². The largest absolute Gasteiger partial charge is 0.348 e. The molecule has 1 aromatic carbocycles. The lowest BCUT2D eigenvalue weighted by atomic mass is 10.1. The van der Waals surface area contributed by atoms with Gasteiger partial charge < -0.3 is 14.9 Å². The van der Waals surface area contributed by atoms with Crippen LogP contribution in [0.2, 0.25) is 0 Å². The van der Waals surface area contributed by atoms with Crippen LogP contribution in [0.15, 0.2) is 53.6 Å². The summed E-state index contributed by atoms with van der Waals surface area (Å²) in [5.41, 5.74) is 2.91. The Morgan fingerprint density at radius 1 is 1.24 bits per heavy atom. The maximum absolute atomic E-state index is 12.5. The Morgan fingerprint density at radius 3 is 2.76 bits per heavy atom. The Labute approximate surface area is 145 Å². The normalized spacial score (nSPS) is 10.6.